The third kappa shape index (κ3) is 2.86. The molecule has 0 fully saturated rings. The van der Waals surface area contributed by atoms with Crippen LogP contribution in [0.15, 0.2) is 34.8 Å². The Morgan fingerprint density at radius 1 is 1.15 bits per heavy atom. The molecule has 20 heavy (non-hydrogen) atoms. The van der Waals surface area contributed by atoms with Crippen molar-refractivity contribution in [3.63, 3.8) is 0 Å². The van der Waals surface area contributed by atoms with Gasteiger partial charge in [0.25, 0.3) is 0 Å². The molecule has 0 amide bonds. The van der Waals surface area contributed by atoms with Crippen LogP contribution in [0.5, 0.6) is 0 Å². The van der Waals surface area contributed by atoms with Gasteiger partial charge in [-0.25, -0.2) is 14.2 Å². The van der Waals surface area contributed by atoms with E-state index in [0.29, 0.717) is 15.1 Å². The van der Waals surface area contributed by atoms with Crippen LogP contribution in [-0.2, 0) is 0 Å². The smallest absolute Gasteiger partial charge is 0.164 e. The lowest BCUT2D eigenvalue weighted by atomic mass is 9.97. The maximum absolute atomic E-state index is 14.1. The van der Waals surface area contributed by atoms with Gasteiger partial charge in [-0.2, -0.15) is 0 Å². The van der Waals surface area contributed by atoms with Gasteiger partial charge in [0, 0.05) is 15.1 Å². The number of nitrogens with two attached hydrogens (primary N) is 1. The predicted molar refractivity (Wildman–Crippen MR) is 79.4 cm³/mol. The largest absolute Gasteiger partial charge is 0.271 e. The highest BCUT2D eigenvalue weighted by Crippen LogP contribution is 2.32. The third-order valence-electron chi connectivity index (χ3n) is 3.06. The Morgan fingerprint density at radius 3 is 2.40 bits per heavy atom. The molecule has 3 N–H and O–H groups in total. The SMILES string of the molecule is Cc1ccc(C(NN)c2ccc(Cl)cc2Br)c(F)c1F. The molecule has 0 aliphatic heterocycles. The third-order valence-corrected chi connectivity index (χ3v) is 3.98. The second-order valence-electron chi connectivity index (χ2n) is 4.37. The average Bonchev–Trinajstić information content (AvgIpc) is 2.41. The molecule has 2 rings (SSSR count). The van der Waals surface area contributed by atoms with Crippen LogP contribution < -0.4 is 11.3 Å². The zero-order chi connectivity index (χ0) is 14.9. The minimum Gasteiger partial charge on any atom is -0.271 e. The summed E-state index contributed by atoms with van der Waals surface area (Å²) in [6.45, 7) is 1.51. The fraction of sp³-hybridized carbons (Fsp3) is 0.143. The van der Waals surface area contributed by atoms with Crippen LogP contribution in [-0.4, -0.2) is 0 Å². The van der Waals surface area contributed by atoms with Gasteiger partial charge in [-0.05, 0) is 30.2 Å². The summed E-state index contributed by atoms with van der Waals surface area (Å²) in [5.74, 6) is 3.73. The Hall–Kier alpha value is -1.01. The molecular formula is C14H12BrClF2N2. The number of hydrogen-bond donors (Lipinski definition) is 2. The van der Waals surface area contributed by atoms with E-state index in [9.17, 15) is 8.78 Å². The van der Waals surface area contributed by atoms with E-state index in [2.05, 4.69) is 21.4 Å². The number of hydrogen-bond acceptors (Lipinski definition) is 2. The number of benzene rings is 2. The molecule has 0 heterocycles. The zero-order valence-corrected chi connectivity index (χ0v) is 12.9. The van der Waals surface area contributed by atoms with Gasteiger partial charge in [0.05, 0.1) is 6.04 Å². The Balaban J connectivity index is 2.55. The minimum absolute atomic E-state index is 0.138. The van der Waals surface area contributed by atoms with Crippen LogP contribution in [0.25, 0.3) is 0 Å². The number of halogens is 4. The first kappa shape index (κ1) is 15.4. The van der Waals surface area contributed by atoms with Gasteiger partial charge in [0.15, 0.2) is 11.6 Å². The topological polar surface area (TPSA) is 38.0 Å². The van der Waals surface area contributed by atoms with Crippen LogP contribution in [0, 0.1) is 18.6 Å². The van der Waals surface area contributed by atoms with Gasteiger partial charge in [-0.15, -0.1) is 0 Å². The molecule has 0 radical (unpaired) electrons. The highest BCUT2D eigenvalue weighted by Gasteiger charge is 2.22. The molecule has 0 bridgehead atoms. The van der Waals surface area contributed by atoms with Crippen molar-refractivity contribution in [1.29, 1.82) is 0 Å². The van der Waals surface area contributed by atoms with Crippen LogP contribution in [0.3, 0.4) is 0 Å². The molecule has 1 atom stereocenters. The van der Waals surface area contributed by atoms with E-state index in [1.54, 1.807) is 18.2 Å². The van der Waals surface area contributed by atoms with Crippen molar-refractivity contribution in [3.8, 4) is 0 Å². The Kier molecular flexibility index (Phi) is 4.75. The summed E-state index contributed by atoms with van der Waals surface area (Å²) in [6, 6.07) is 7.38. The lowest BCUT2D eigenvalue weighted by molar-refractivity contribution is 0.478. The summed E-state index contributed by atoms with van der Waals surface area (Å²) in [7, 11) is 0. The average molecular weight is 362 g/mol. The maximum atomic E-state index is 14.1. The summed E-state index contributed by atoms with van der Waals surface area (Å²) < 4.78 is 28.4. The number of aryl methyl sites for hydroxylation is 1. The molecule has 0 aliphatic rings. The zero-order valence-electron chi connectivity index (χ0n) is 10.6. The van der Waals surface area contributed by atoms with Crippen LogP contribution >= 0.6 is 27.5 Å². The lowest BCUT2D eigenvalue weighted by Gasteiger charge is -2.20. The van der Waals surface area contributed by atoms with Crippen LogP contribution in [0.4, 0.5) is 8.78 Å². The van der Waals surface area contributed by atoms with Gasteiger partial charge in [0.2, 0.25) is 0 Å². The Bertz CT molecular complexity index is 649. The first-order chi connectivity index (χ1) is 9.45. The van der Waals surface area contributed by atoms with Gasteiger partial charge in [-0.1, -0.05) is 45.7 Å². The molecule has 2 nitrogen and oxygen atoms in total. The molecule has 0 saturated carbocycles. The molecular weight excluding hydrogens is 350 g/mol. The van der Waals surface area contributed by atoms with Crippen molar-refractivity contribution < 1.29 is 8.78 Å². The molecule has 1 unspecified atom stereocenters. The summed E-state index contributed by atoms with van der Waals surface area (Å²) in [6.07, 6.45) is 0. The van der Waals surface area contributed by atoms with E-state index < -0.39 is 17.7 Å². The number of hydrazine groups is 1. The lowest BCUT2D eigenvalue weighted by Crippen LogP contribution is -2.30. The molecule has 106 valence electrons. The monoisotopic (exact) mass is 360 g/mol. The van der Waals surface area contributed by atoms with E-state index in [0.717, 1.165) is 0 Å². The molecule has 0 saturated heterocycles. The summed E-state index contributed by atoms with van der Waals surface area (Å²) >= 11 is 9.22. The van der Waals surface area contributed by atoms with E-state index >= 15 is 0 Å². The van der Waals surface area contributed by atoms with E-state index in [1.165, 1.54) is 19.1 Å². The minimum atomic E-state index is -0.908. The van der Waals surface area contributed by atoms with Gasteiger partial charge < -0.3 is 0 Å². The molecule has 2 aromatic carbocycles. The summed E-state index contributed by atoms with van der Waals surface area (Å²) in [4.78, 5) is 0. The van der Waals surface area contributed by atoms with Gasteiger partial charge in [-0.3, -0.25) is 5.84 Å². The molecule has 0 aliphatic carbocycles. The molecule has 2 aromatic rings. The molecule has 6 heteroatoms. The van der Waals surface area contributed by atoms with Crippen molar-refractivity contribution >= 4 is 27.5 Å². The van der Waals surface area contributed by atoms with E-state index in [1.807, 2.05) is 0 Å². The van der Waals surface area contributed by atoms with E-state index in [4.69, 9.17) is 17.4 Å². The van der Waals surface area contributed by atoms with Crippen molar-refractivity contribution in [2.24, 2.45) is 5.84 Å². The second-order valence-corrected chi connectivity index (χ2v) is 5.66. The Labute approximate surface area is 129 Å². The van der Waals surface area contributed by atoms with Crippen molar-refractivity contribution in [3.05, 3.63) is 68.2 Å². The fourth-order valence-corrected chi connectivity index (χ4v) is 2.88. The first-order valence-corrected chi connectivity index (χ1v) is 6.98. The second kappa shape index (κ2) is 6.18. The molecule has 0 spiro atoms. The molecule has 0 aromatic heterocycles. The van der Waals surface area contributed by atoms with Crippen LogP contribution in [0.2, 0.25) is 5.02 Å². The summed E-state index contributed by atoms with van der Waals surface area (Å²) in [5, 5.41) is 0.534. The standard InChI is InChI=1S/C14H12BrClF2N2/c1-7-2-4-10(13(18)12(7)17)14(20-19)9-5-3-8(16)6-11(9)15/h2-6,14,20H,19H2,1H3. The Morgan fingerprint density at radius 2 is 1.80 bits per heavy atom. The van der Waals surface area contributed by atoms with Crippen molar-refractivity contribution in [2.75, 3.05) is 0 Å². The predicted octanol–water partition coefficient (Wildman–Crippen LogP) is 4.24. The van der Waals surface area contributed by atoms with E-state index in [-0.39, 0.29) is 11.1 Å². The van der Waals surface area contributed by atoms with Gasteiger partial charge >= 0.3 is 0 Å². The quantitative estimate of drug-likeness (QED) is 0.634. The number of nitrogens with one attached hydrogen (secondary N) is 1. The van der Waals surface area contributed by atoms with Crippen molar-refractivity contribution in [2.45, 2.75) is 13.0 Å². The maximum Gasteiger partial charge on any atom is 0.164 e. The highest BCUT2D eigenvalue weighted by atomic mass is 79.9. The van der Waals surface area contributed by atoms with Gasteiger partial charge in [0.1, 0.15) is 0 Å². The van der Waals surface area contributed by atoms with Crippen molar-refractivity contribution in [1.82, 2.24) is 5.43 Å². The summed E-state index contributed by atoms with van der Waals surface area (Å²) in [5.41, 5.74) is 3.55. The normalized spacial score (nSPS) is 12.5. The number of rotatable bonds is 3. The van der Waals surface area contributed by atoms with Crippen LogP contribution in [0.1, 0.15) is 22.7 Å². The first-order valence-electron chi connectivity index (χ1n) is 5.81. The highest BCUT2D eigenvalue weighted by molar-refractivity contribution is 9.10. The fourth-order valence-electron chi connectivity index (χ4n) is 1.97.